The van der Waals surface area contributed by atoms with Crippen LogP contribution in [-0.2, 0) is 84.9 Å². The fourth-order valence-corrected chi connectivity index (χ4v) is 20.1. The van der Waals surface area contributed by atoms with Crippen LogP contribution in [0.1, 0.15) is 77.9 Å². The molecular formula is C73H96N20O19S3. The van der Waals surface area contributed by atoms with Gasteiger partial charge in [-0.15, -0.1) is 20.2 Å². The third kappa shape index (κ3) is 17.2. The number of hydrogen-bond acceptors (Lipinski definition) is 28. The average molecular weight is 1650 g/mol. The number of methoxy groups -OCH3 is 1. The van der Waals surface area contributed by atoms with Crippen LogP contribution in [0.25, 0.3) is 67.3 Å². The van der Waals surface area contributed by atoms with Crippen LogP contribution in [0.5, 0.6) is 17.2 Å². The van der Waals surface area contributed by atoms with Gasteiger partial charge < -0.3 is 48.5 Å². The number of aryl methyl sites for hydroxylation is 6. The number of aromatic nitrogens is 12. The highest BCUT2D eigenvalue weighted by Crippen LogP contribution is 2.39. The Morgan fingerprint density at radius 2 is 0.809 bits per heavy atom. The Balaban J connectivity index is 0.000000150. The first kappa shape index (κ1) is 83.0. The molecule has 0 spiro atoms. The summed E-state index contributed by atoms with van der Waals surface area (Å²) in [4.78, 5) is 97.9. The van der Waals surface area contributed by atoms with E-state index >= 15 is 0 Å². The summed E-state index contributed by atoms with van der Waals surface area (Å²) in [5.74, 6) is 2.90. The van der Waals surface area contributed by atoms with Gasteiger partial charge in [-0.25, -0.2) is 40.2 Å². The number of benzene rings is 3. The van der Waals surface area contributed by atoms with E-state index in [-0.39, 0.29) is 86.5 Å². The fourth-order valence-electron chi connectivity index (χ4n) is 15.4. The maximum absolute atomic E-state index is 13.5. The van der Waals surface area contributed by atoms with Crippen molar-refractivity contribution in [2.45, 2.75) is 113 Å². The number of fused-ring (bicyclic) bond motifs is 3. The quantitative estimate of drug-likeness (QED) is 0.0396. The first-order valence-electron chi connectivity index (χ1n) is 38.5. The van der Waals surface area contributed by atoms with Gasteiger partial charge in [-0.2, -0.15) is 28.2 Å². The number of aromatic amines is 3. The molecular weight excluding hydrogens is 1560 g/mol. The van der Waals surface area contributed by atoms with E-state index in [9.17, 15) is 59.9 Å². The molecule has 3 aromatic carbocycles. The molecule has 42 heteroatoms. The number of nitrogens with one attached hydrogen (secondary N) is 3. The SMILES string of the molecule is CCCc1nn(C)c2c(=O)[nH]c(-c3cc(S(=O)(=O)N4CC(CN5CC(COC)C5)C4)ccc3OCC)nc12.CCCc1nn(C)c2c(=O)[nH]c(-c3cc(S(=O)(=O)N4CC(N5CC(CO[N+](=O)[O-])C5)C4)ccc3OCC)nc12.CCCc1nn(C)c2c(=O)[nH]c(-c3cc(S(=O)(=O)N4CC(N5CC(O[N+](=O)[O-])C5)C4)ccc3OCC)nc12. The molecule has 0 atom stereocenters. The molecule has 620 valence electrons. The average Bonchev–Trinajstić information content (AvgIpc) is 0.915. The summed E-state index contributed by atoms with van der Waals surface area (Å²) in [6.07, 6.45) is 4.01. The van der Waals surface area contributed by atoms with Gasteiger partial charge in [0.25, 0.3) is 26.9 Å². The monoisotopic (exact) mass is 1650 g/mol. The van der Waals surface area contributed by atoms with E-state index in [0.29, 0.717) is 182 Å². The van der Waals surface area contributed by atoms with Crippen molar-refractivity contribution in [3.63, 3.8) is 0 Å². The second-order valence-electron chi connectivity index (χ2n) is 29.5. The lowest BCUT2D eigenvalue weighted by Crippen LogP contribution is -2.67. The van der Waals surface area contributed by atoms with Crippen LogP contribution in [0.4, 0.5) is 0 Å². The minimum Gasteiger partial charge on any atom is -0.493 e. The van der Waals surface area contributed by atoms with E-state index in [1.807, 2.05) is 46.4 Å². The van der Waals surface area contributed by atoms with Crippen molar-refractivity contribution < 1.29 is 64.0 Å². The topological polar surface area (TPSA) is 454 Å². The molecule has 6 aromatic heterocycles. The van der Waals surface area contributed by atoms with E-state index in [4.69, 9.17) is 28.9 Å². The molecule has 0 amide bonds. The zero-order chi connectivity index (χ0) is 82.1. The van der Waals surface area contributed by atoms with Crippen molar-refractivity contribution in [3.8, 4) is 51.4 Å². The van der Waals surface area contributed by atoms with Crippen molar-refractivity contribution >= 4 is 63.2 Å². The third-order valence-electron chi connectivity index (χ3n) is 21.3. The lowest BCUT2D eigenvalue weighted by molar-refractivity contribution is -0.771. The normalized spacial score (nSPS) is 17.4. The van der Waals surface area contributed by atoms with Gasteiger partial charge in [-0.05, 0) is 101 Å². The van der Waals surface area contributed by atoms with Crippen molar-refractivity contribution in [2.24, 2.45) is 38.9 Å². The van der Waals surface area contributed by atoms with Gasteiger partial charge in [-0.1, -0.05) is 40.0 Å². The summed E-state index contributed by atoms with van der Waals surface area (Å²) < 4.78 is 112. The Kier molecular flexibility index (Phi) is 24.9. The summed E-state index contributed by atoms with van der Waals surface area (Å²) >= 11 is 0. The van der Waals surface area contributed by atoms with Gasteiger partial charge >= 0.3 is 0 Å². The summed E-state index contributed by atoms with van der Waals surface area (Å²) in [5, 5.41) is 32.6. The summed E-state index contributed by atoms with van der Waals surface area (Å²) in [6.45, 7) is 20.6. The predicted molar refractivity (Wildman–Crippen MR) is 420 cm³/mol. The fraction of sp³-hybridized carbons (Fsp3) is 0.548. The second-order valence-corrected chi connectivity index (χ2v) is 35.3. The summed E-state index contributed by atoms with van der Waals surface area (Å²) in [5.41, 5.74) is 4.79. The molecule has 9 aromatic rings. The standard InChI is InChI=1S/C26H36N6O5S.C24H31N7O7S.C23H29N7O7S/c1-5-7-21-23-24(30(3)29-21)26(33)28-25(27-23)20-10-19(8-9-22(20)37-6-2)38(34,35)32-14-17(15-32)11-31-12-18(13-31)16-36-4;1-4-6-19-21-22(28(3)27-19)24(32)26-23(25-21)18-9-17(7-8-20(18)37-5-2)39(35,36)30-12-16(13-30)29-10-15(11-29)14-38-31(33)34;1-4-6-18-20-21(27(3)26-18)23(31)25-22(24-20)17-9-16(7-8-19(17)36-5-2)38(34,35)29-10-14(11-29)28-12-15(13-28)37-30(32)33/h8-10,17-18H,5-7,11-16H2,1-4H3,(H,27,28,33);7-9,15-16H,4-6,10-14H2,1-3H3,(H,25,26,32);7-9,14-15H,4-6,10-13H2,1-3H3,(H,24,25,31). The van der Waals surface area contributed by atoms with Crippen LogP contribution in [-0.4, -0.2) is 266 Å². The summed E-state index contributed by atoms with van der Waals surface area (Å²) in [7, 11) is -4.54. The Morgan fingerprint density at radius 1 is 0.461 bits per heavy atom. The van der Waals surface area contributed by atoms with Crippen molar-refractivity contribution in [1.82, 2.24) is 86.9 Å². The van der Waals surface area contributed by atoms with Crippen LogP contribution in [0.3, 0.4) is 0 Å². The van der Waals surface area contributed by atoms with Gasteiger partial charge in [0.15, 0.2) is 16.6 Å². The van der Waals surface area contributed by atoms with Gasteiger partial charge in [0.2, 0.25) is 30.1 Å². The first-order valence-corrected chi connectivity index (χ1v) is 42.8. The number of sulfonamides is 3. The predicted octanol–water partition coefficient (Wildman–Crippen LogP) is 4.00. The van der Waals surface area contributed by atoms with Gasteiger partial charge in [0.1, 0.15) is 64.0 Å². The van der Waals surface area contributed by atoms with Crippen molar-refractivity contribution in [3.05, 3.63) is 123 Å². The van der Waals surface area contributed by atoms with Crippen LogP contribution >= 0.6 is 0 Å². The number of ether oxygens (including phenoxy) is 4. The molecule has 3 N–H and O–H groups in total. The third-order valence-corrected chi connectivity index (χ3v) is 26.7. The molecule has 115 heavy (non-hydrogen) atoms. The molecule has 0 radical (unpaired) electrons. The Morgan fingerprint density at radius 3 is 1.14 bits per heavy atom. The summed E-state index contributed by atoms with van der Waals surface area (Å²) in [6, 6.07) is 13.9. The molecule has 0 aliphatic carbocycles. The molecule has 6 saturated heterocycles. The molecule has 0 bridgehead atoms. The first-order chi connectivity index (χ1) is 55.0. The van der Waals surface area contributed by atoms with E-state index in [1.54, 1.807) is 63.3 Å². The van der Waals surface area contributed by atoms with Crippen LogP contribution < -0.4 is 30.9 Å². The smallest absolute Gasteiger partial charge is 0.294 e. The zero-order valence-electron chi connectivity index (χ0n) is 65.7. The van der Waals surface area contributed by atoms with E-state index < -0.39 is 46.3 Å². The van der Waals surface area contributed by atoms with Crippen LogP contribution in [0.15, 0.2) is 83.7 Å². The molecule has 12 heterocycles. The molecule has 6 aliphatic rings. The number of H-pyrrole nitrogens is 3. The highest BCUT2D eigenvalue weighted by molar-refractivity contribution is 7.89. The van der Waals surface area contributed by atoms with Crippen LogP contribution in [0, 0.1) is 38.0 Å². The van der Waals surface area contributed by atoms with Gasteiger partial charge in [0.05, 0.1) is 74.9 Å². The molecule has 0 unspecified atom stereocenters. The minimum atomic E-state index is -3.84. The van der Waals surface area contributed by atoms with Crippen LogP contribution in [0.2, 0.25) is 0 Å². The molecule has 15 rings (SSSR count). The Labute approximate surface area is 662 Å². The highest BCUT2D eigenvalue weighted by Gasteiger charge is 2.47. The Bertz CT molecular complexity index is 5660. The number of nitrogens with zero attached hydrogens (tertiary/aromatic N) is 17. The van der Waals surface area contributed by atoms with E-state index in [1.165, 1.54) is 46.5 Å². The van der Waals surface area contributed by atoms with Gasteiger partial charge in [-0.3, -0.25) is 38.2 Å². The molecule has 6 aliphatic heterocycles. The van der Waals surface area contributed by atoms with E-state index in [2.05, 4.69) is 54.7 Å². The van der Waals surface area contributed by atoms with E-state index in [0.717, 1.165) is 51.2 Å². The largest absolute Gasteiger partial charge is 0.493 e. The van der Waals surface area contributed by atoms with Crippen molar-refractivity contribution in [2.75, 3.05) is 125 Å². The number of rotatable bonds is 32. The lowest BCUT2D eigenvalue weighted by Gasteiger charge is -2.51. The molecule has 0 saturated carbocycles. The lowest BCUT2D eigenvalue weighted by atomic mass is 9.96. The van der Waals surface area contributed by atoms with Crippen molar-refractivity contribution in [1.29, 1.82) is 0 Å². The minimum absolute atomic E-state index is 0.0263. The number of hydrogen-bond donors (Lipinski definition) is 3. The maximum atomic E-state index is 13.5. The number of likely N-dealkylation sites (tertiary alicyclic amines) is 3. The maximum Gasteiger partial charge on any atom is 0.294 e. The zero-order valence-corrected chi connectivity index (χ0v) is 68.2. The Hall–Kier alpha value is -9.92. The van der Waals surface area contributed by atoms with Gasteiger partial charge in [0, 0.05) is 137 Å². The molecule has 6 fully saturated rings. The second kappa shape index (κ2) is 34.5. The highest BCUT2D eigenvalue weighted by atomic mass is 32.2. The molecule has 39 nitrogen and oxygen atoms in total.